The first-order valence-electron chi connectivity index (χ1n) is 10.6. The SMILES string of the molecule is O=C1OCC2c3nnc(C4CCN(c5ccc(F)cn5)CC4)n3-c3ccc(Cl)cc3CN12. The third-order valence-corrected chi connectivity index (χ3v) is 6.74. The lowest BCUT2D eigenvalue weighted by atomic mass is 9.95. The summed E-state index contributed by atoms with van der Waals surface area (Å²) >= 11 is 6.27. The van der Waals surface area contributed by atoms with Gasteiger partial charge in [0, 0.05) is 24.0 Å². The lowest BCUT2D eigenvalue weighted by molar-refractivity contribution is 0.156. The molecule has 0 N–H and O–H groups in total. The number of fused-ring (bicyclic) bond motifs is 5. The zero-order chi connectivity index (χ0) is 21.8. The molecule has 1 unspecified atom stereocenters. The number of cyclic esters (lactones) is 1. The number of amides is 1. The van der Waals surface area contributed by atoms with Gasteiger partial charge >= 0.3 is 6.09 Å². The molecular formula is C22H20ClFN6O2. The van der Waals surface area contributed by atoms with E-state index < -0.39 is 0 Å². The van der Waals surface area contributed by atoms with Crippen LogP contribution in [-0.4, -0.2) is 50.4 Å². The maximum absolute atomic E-state index is 13.2. The van der Waals surface area contributed by atoms with Gasteiger partial charge in [-0.15, -0.1) is 10.2 Å². The molecule has 164 valence electrons. The topological polar surface area (TPSA) is 76.4 Å². The fourth-order valence-corrected chi connectivity index (χ4v) is 5.07. The highest BCUT2D eigenvalue weighted by atomic mass is 35.5. The Morgan fingerprint density at radius 1 is 1.09 bits per heavy atom. The van der Waals surface area contributed by atoms with Crippen LogP contribution in [0.1, 0.15) is 42.0 Å². The summed E-state index contributed by atoms with van der Waals surface area (Å²) in [7, 11) is 0. The molecule has 1 atom stereocenters. The maximum Gasteiger partial charge on any atom is 0.410 e. The number of aromatic nitrogens is 4. The summed E-state index contributed by atoms with van der Waals surface area (Å²) in [6.07, 6.45) is 2.63. The Balaban J connectivity index is 1.35. The third kappa shape index (κ3) is 3.10. The molecule has 1 aromatic carbocycles. The van der Waals surface area contributed by atoms with Gasteiger partial charge in [0.25, 0.3) is 0 Å². The summed E-state index contributed by atoms with van der Waals surface area (Å²) in [5.74, 6) is 2.24. The van der Waals surface area contributed by atoms with Gasteiger partial charge in [0.1, 0.15) is 30.1 Å². The van der Waals surface area contributed by atoms with E-state index in [2.05, 4.69) is 24.6 Å². The number of rotatable bonds is 2. The molecule has 1 amide bonds. The lowest BCUT2D eigenvalue weighted by Gasteiger charge is -2.32. The molecule has 3 aromatic rings. The summed E-state index contributed by atoms with van der Waals surface area (Å²) in [4.78, 5) is 20.4. The Bertz CT molecular complexity index is 1190. The molecular weight excluding hydrogens is 435 g/mol. The van der Waals surface area contributed by atoms with Gasteiger partial charge in [0.2, 0.25) is 0 Å². The van der Waals surface area contributed by atoms with Gasteiger partial charge in [-0.25, -0.2) is 14.2 Å². The highest BCUT2D eigenvalue weighted by molar-refractivity contribution is 6.30. The molecule has 0 spiro atoms. The minimum absolute atomic E-state index is 0.195. The van der Waals surface area contributed by atoms with Crippen LogP contribution in [0.4, 0.5) is 15.0 Å². The van der Waals surface area contributed by atoms with Gasteiger partial charge < -0.3 is 9.64 Å². The lowest BCUT2D eigenvalue weighted by Crippen LogP contribution is -2.34. The summed E-state index contributed by atoms with van der Waals surface area (Å²) < 4.78 is 20.6. The van der Waals surface area contributed by atoms with Gasteiger partial charge in [-0.1, -0.05) is 11.6 Å². The van der Waals surface area contributed by atoms with Crippen molar-refractivity contribution in [1.82, 2.24) is 24.6 Å². The summed E-state index contributed by atoms with van der Waals surface area (Å²) in [5, 5.41) is 9.71. The predicted octanol–water partition coefficient (Wildman–Crippen LogP) is 3.85. The smallest absolute Gasteiger partial charge is 0.410 e. The molecule has 6 rings (SSSR count). The Labute approximate surface area is 188 Å². The van der Waals surface area contributed by atoms with E-state index >= 15 is 0 Å². The van der Waals surface area contributed by atoms with E-state index in [1.54, 1.807) is 11.0 Å². The van der Waals surface area contributed by atoms with E-state index in [4.69, 9.17) is 16.3 Å². The number of carbonyl (C=O) groups excluding carboxylic acids is 1. The minimum atomic E-state index is -0.348. The molecule has 0 radical (unpaired) electrons. The Kier molecular flexibility index (Phi) is 4.53. The van der Waals surface area contributed by atoms with E-state index in [9.17, 15) is 9.18 Å². The number of hydrogen-bond donors (Lipinski definition) is 0. The highest BCUT2D eigenvalue weighted by Crippen LogP contribution is 2.39. The third-order valence-electron chi connectivity index (χ3n) is 6.51. The second-order valence-electron chi connectivity index (χ2n) is 8.34. The van der Waals surface area contributed by atoms with Crippen molar-refractivity contribution >= 4 is 23.5 Å². The molecule has 0 bridgehead atoms. The fraction of sp³-hybridized carbons (Fsp3) is 0.364. The first-order chi connectivity index (χ1) is 15.6. The van der Waals surface area contributed by atoms with Gasteiger partial charge in [0.15, 0.2) is 5.82 Å². The van der Waals surface area contributed by atoms with E-state index in [0.29, 0.717) is 11.6 Å². The predicted molar refractivity (Wildman–Crippen MR) is 114 cm³/mol. The van der Waals surface area contributed by atoms with E-state index in [1.807, 2.05) is 18.2 Å². The average Bonchev–Trinajstić information content (AvgIpc) is 3.35. The number of anilines is 1. The number of carbonyl (C=O) groups is 1. The zero-order valence-corrected chi connectivity index (χ0v) is 17.9. The quantitative estimate of drug-likeness (QED) is 0.585. The molecule has 2 saturated heterocycles. The minimum Gasteiger partial charge on any atom is -0.447 e. The van der Waals surface area contributed by atoms with E-state index in [1.165, 1.54) is 12.3 Å². The monoisotopic (exact) mass is 454 g/mol. The highest BCUT2D eigenvalue weighted by Gasteiger charge is 2.42. The number of ether oxygens (including phenoxy) is 1. The van der Waals surface area contributed by atoms with Gasteiger partial charge in [-0.2, -0.15) is 0 Å². The Morgan fingerprint density at radius 3 is 2.69 bits per heavy atom. The molecule has 0 aliphatic carbocycles. The molecule has 0 saturated carbocycles. The summed E-state index contributed by atoms with van der Waals surface area (Å²) in [6, 6.07) is 8.58. The second kappa shape index (κ2) is 7.44. The number of hydrogen-bond acceptors (Lipinski definition) is 6. The van der Waals surface area contributed by atoms with Crippen molar-refractivity contribution in [2.75, 3.05) is 24.6 Å². The largest absolute Gasteiger partial charge is 0.447 e. The molecule has 8 nitrogen and oxygen atoms in total. The number of nitrogens with zero attached hydrogens (tertiary/aromatic N) is 6. The molecule has 5 heterocycles. The molecule has 3 aliphatic heterocycles. The summed E-state index contributed by atoms with van der Waals surface area (Å²) in [5.41, 5.74) is 1.89. The van der Waals surface area contributed by atoms with Crippen LogP contribution in [0.5, 0.6) is 0 Å². The number of pyridine rings is 1. The van der Waals surface area contributed by atoms with Crippen LogP contribution in [0.2, 0.25) is 5.02 Å². The molecule has 3 aliphatic rings. The van der Waals surface area contributed by atoms with Crippen molar-refractivity contribution < 1.29 is 13.9 Å². The van der Waals surface area contributed by atoms with Crippen LogP contribution < -0.4 is 4.90 Å². The van der Waals surface area contributed by atoms with Gasteiger partial charge in [0.05, 0.1) is 18.4 Å². The average molecular weight is 455 g/mol. The van der Waals surface area contributed by atoms with E-state index in [-0.39, 0.29) is 30.5 Å². The Morgan fingerprint density at radius 2 is 1.91 bits per heavy atom. The van der Waals surface area contributed by atoms with Crippen LogP contribution in [0.3, 0.4) is 0 Å². The fourth-order valence-electron chi connectivity index (χ4n) is 4.88. The van der Waals surface area contributed by atoms with Crippen LogP contribution in [-0.2, 0) is 11.3 Å². The second-order valence-corrected chi connectivity index (χ2v) is 8.78. The normalized spacial score (nSPS) is 20.4. The molecule has 10 heteroatoms. The van der Waals surface area contributed by atoms with Crippen LogP contribution in [0, 0.1) is 5.82 Å². The molecule has 2 fully saturated rings. The van der Waals surface area contributed by atoms with Crippen molar-refractivity contribution in [3.63, 3.8) is 0 Å². The van der Waals surface area contributed by atoms with Crippen LogP contribution in [0.25, 0.3) is 5.69 Å². The van der Waals surface area contributed by atoms with Crippen molar-refractivity contribution in [3.05, 3.63) is 64.6 Å². The maximum atomic E-state index is 13.2. The van der Waals surface area contributed by atoms with Crippen LogP contribution in [0.15, 0.2) is 36.5 Å². The number of benzene rings is 1. The van der Waals surface area contributed by atoms with Crippen molar-refractivity contribution in [1.29, 1.82) is 0 Å². The van der Waals surface area contributed by atoms with Crippen molar-refractivity contribution in [2.45, 2.75) is 31.3 Å². The first kappa shape index (κ1) is 19.5. The summed E-state index contributed by atoms with van der Waals surface area (Å²) in [6.45, 7) is 2.25. The number of halogens is 2. The molecule has 32 heavy (non-hydrogen) atoms. The van der Waals surface area contributed by atoms with Crippen molar-refractivity contribution in [3.8, 4) is 5.69 Å². The van der Waals surface area contributed by atoms with Gasteiger partial charge in [-0.05, 0) is 48.7 Å². The Hall–Kier alpha value is -3.20. The zero-order valence-electron chi connectivity index (χ0n) is 17.1. The van der Waals surface area contributed by atoms with Crippen LogP contribution >= 0.6 is 11.6 Å². The van der Waals surface area contributed by atoms with E-state index in [0.717, 1.165) is 54.6 Å². The first-order valence-corrected chi connectivity index (χ1v) is 11.0. The van der Waals surface area contributed by atoms with Crippen molar-refractivity contribution in [2.24, 2.45) is 0 Å². The molecule has 2 aromatic heterocycles. The number of piperidine rings is 1. The van der Waals surface area contributed by atoms with Gasteiger partial charge in [-0.3, -0.25) is 9.47 Å². The standard InChI is InChI=1S/C22H20ClFN6O2/c23-15-1-3-17-14(9-15)11-29-18(12-32-22(29)31)21-27-26-20(30(17)21)13-5-7-28(8-6-13)19-4-2-16(24)10-25-19/h1-4,9-10,13,18H,5-8,11-12H2.